The van der Waals surface area contributed by atoms with Crippen LogP contribution < -0.4 is 5.32 Å². The van der Waals surface area contributed by atoms with Crippen LogP contribution in [-0.4, -0.2) is 26.3 Å². The van der Waals surface area contributed by atoms with Gasteiger partial charge in [0.1, 0.15) is 18.0 Å². The first-order valence-corrected chi connectivity index (χ1v) is 8.78. The van der Waals surface area contributed by atoms with E-state index < -0.39 is 0 Å². The van der Waals surface area contributed by atoms with Crippen LogP contribution in [0.25, 0.3) is 10.9 Å². The summed E-state index contributed by atoms with van der Waals surface area (Å²) in [5, 5.41) is 12.9. The fourth-order valence-corrected chi connectivity index (χ4v) is 3.59. The molecule has 0 aliphatic heterocycles. The summed E-state index contributed by atoms with van der Waals surface area (Å²) in [4.78, 5) is 4.82. The van der Waals surface area contributed by atoms with Crippen LogP contribution in [-0.2, 0) is 25.8 Å². The van der Waals surface area contributed by atoms with Gasteiger partial charge >= 0.3 is 0 Å². The number of aromatic nitrogens is 4. The van der Waals surface area contributed by atoms with Crippen molar-refractivity contribution in [3.63, 3.8) is 0 Å². The molecule has 2 heterocycles. The minimum Gasteiger partial charge on any atom is -0.370 e. The Morgan fingerprint density at radius 3 is 2.83 bits per heavy atom. The number of fused-ring (bicyclic) bond motifs is 2. The molecule has 0 saturated carbocycles. The molecule has 0 amide bonds. The maximum Gasteiger partial charge on any atom is 0.134 e. The van der Waals surface area contributed by atoms with Crippen molar-refractivity contribution < 1.29 is 0 Å². The second-order valence-electron chi connectivity index (χ2n) is 6.53. The zero-order valence-corrected chi connectivity index (χ0v) is 14.3. The Kier molecular flexibility index (Phi) is 3.92. The van der Waals surface area contributed by atoms with Gasteiger partial charge in [0.2, 0.25) is 0 Å². The molecule has 1 aliphatic carbocycles. The minimum absolute atomic E-state index is 0.807. The molecule has 1 N–H and O–H groups in total. The molecule has 0 spiro atoms. The highest BCUT2D eigenvalue weighted by atomic mass is 15.3. The van der Waals surface area contributed by atoms with Crippen LogP contribution in [0.5, 0.6) is 0 Å². The second kappa shape index (κ2) is 6.23. The number of pyridine rings is 1. The molecule has 4 rings (SSSR count). The molecule has 24 heavy (non-hydrogen) atoms. The van der Waals surface area contributed by atoms with Crippen molar-refractivity contribution in [3.05, 3.63) is 47.0 Å². The molecule has 5 nitrogen and oxygen atoms in total. The molecule has 0 bridgehead atoms. The van der Waals surface area contributed by atoms with Crippen molar-refractivity contribution >= 4 is 16.7 Å². The number of nitrogens with zero attached hydrogens (tertiary/aromatic N) is 4. The average molecular weight is 321 g/mol. The van der Waals surface area contributed by atoms with Gasteiger partial charge in [0.15, 0.2) is 0 Å². The summed E-state index contributed by atoms with van der Waals surface area (Å²) < 4.78 is 2.07. The van der Waals surface area contributed by atoms with E-state index in [1.54, 1.807) is 6.33 Å². The molecule has 3 aromatic rings. The largest absolute Gasteiger partial charge is 0.370 e. The standard InChI is InChI=1S/C19H23N5/c1-3-24-12-21-23-19(24)7-8-20-18-9-13(2)16-10-14-5-4-6-15(14)11-17(16)22-18/h9-12H,3-8H2,1-2H3,(H,20,22). The predicted molar refractivity (Wildman–Crippen MR) is 96.4 cm³/mol. The third-order valence-corrected chi connectivity index (χ3v) is 4.92. The van der Waals surface area contributed by atoms with Crippen LogP contribution in [0.2, 0.25) is 0 Å². The van der Waals surface area contributed by atoms with Crippen LogP contribution in [0.1, 0.15) is 35.9 Å². The van der Waals surface area contributed by atoms with Crippen molar-refractivity contribution in [2.45, 2.75) is 46.1 Å². The number of aryl methyl sites for hydroxylation is 4. The number of hydrogen-bond donors (Lipinski definition) is 1. The van der Waals surface area contributed by atoms with Crippen molar-refractivity contribution in [2.24, 2.45) is 0 Å². The van der Waals surface area contributed by atoms with E-state index in [1.165, 1.54) is 41.3 Å². The maximum absolute atomic E-state index is 4.82. The topological polar surface area (TPSA) is 55.6 Å². The van der Waals surface area contributed by atoms with E-state index in [2.05, 4.69) is 52.1 Å². The number of hydrogen-bond acceptors (Lipinski definition) is 4. The van der Waals surface area contributed by atoms with E-state index in [0.29, 0.717) is 0 Å². The van der Waals surface area contributed by atoms with Crippen LogP contribution in [0.4, 0.5) is 5.82 Å². The lowest BCUT2D eigenvalue weighted by Crippen LogP contribution is -2.10. The molecule has 0 saturated heterocycles. The lowest BCUT2D eigenvalue weighted by atomic mass is 10.0. The molecule has 0 fully saturated rings. The molecule has 1 aromatic carbocycles. The molecule has 2 aromatic heterocycles. The minimum atomic E-state index is 0.807. The van der Waals surface area contributed by atoms with Crippen molar-refractivity contribution in [2.75, 3.05) is 11.9 Å². The molecule has 0 radical (unpaired) electrons. The Balaban J connectivity index is 1.53. The first-order valence-electron chi connectivity index (χ1n) is 8.78. The van der Waals surface area contributed by atoms with E-state index in [4.69, 9.17) is 4.98 Å². The second-order valence-corrected chi connectivity index (χ2v) is 6.53. The van der Waals surface area contributed by atoms with Gasteiger partial charge in [-0.15, -0.1) is 10.2 Å². The van der Waals surface area contributed by atoms with Gasteiger partial charge in [-0.1, -0.05) is 0 Å². The Morgan fingerprint density at radius 2 is 2.00 bits per heavy atom. The van der Waals surface area contributed by atoms with E-state index >= 15 is 0 Å². The van der Waals surface area contributed by atoms with Gasteiger partial charge in [0.05, 0.1) is 5.52 Å². The summed E-state index contributed by atoms with van der Waals surface area (Å²) in [5.41, 5.74) is 5.37. The molecular formula is C19H23N5. The summed E-state index contributed by atoms with van der Waals surface area (Å²) in [6.45, 7) is 5.99. The summed E-state index contributed by atoms with van der Waals surface area (Å²) >= 11 is 0. The third kappa shape index (κ3) is 2.75. The summed E-state index contributed by atoms with van der Waals surface area (Å²) in [6.07, 6.45) is 6.30. The van der Waals surface area contributed by atoms with E-state index in [-0.39, 0.29) is 0 Å². The van der Waals surface area contributed by atoms with E-state index in [1.807, 2.05) is 0 Å². The number of nitrogens with one attached hydrogen (secondary N) is 1. The van der Waals surface area contributed by atoms with Crippen LogP contribution in [0.15, 0.2) is 24.5 Å². The molecule has 5 heteroatoms. The molecule has 1 aliphatic rings. The van der Waals surface area contributed by atoms with Gasteiger partial charge in [-0.25, -0.2) is 4.98 Å². The van der Waals surface area contributed by atoms with Gasteiger partial charge in [-0.2, -0.15) is 0 Å². The molecular weight excluding hydrogens is 298 g/mol. The SMILES string of the molecule is CCn1cnnc1CCNc1cc(C)c2cc3c(cc2n1)CCC3. The first kappa shape index (κ1) is 15.1. The first-order chi connectivity index (χ1) is 11.7. The van der Waals surface area contributed by atoms with Gasteiger partial charge in [0.25, 0.3) is 0 Å². The summed E-state index contributed by atoms with van der Waals surface area (Å²) in [6, 6.07) is 6.77. The van der Waals surface area contributed by atoms with Gasteiger partial charge < -0.3 is 9.88 Å². The van der Waals surface area contributed by atoms with E-state index in [9.17, 15) is 0 Å². The zero-order chi connectivity index (χ0) is 16.5. The van der Waals surface area contributed by atoms with Crippen molar-refractivity contribution in [3.8, 4) is 0 Å². The quantitative estimate of drug-likeness (QED) is 0.783. The Bertz CT molecular complexity index is 881. The Labute approximate surface area is 142 Å². The highest BCUT2D eigenvalue weighted by Gasteiger charge is 2.13. The maximum atomic E-state index is 4.82. The van der Waals surface area contributed by atoms with Gasteiger partial charge in [-0.05, 0) is 68.0 Å². The normalized spacial score (nSPS) is 13.4. The third-order valence-electron chi connectivity index (χ3n) is 4.92. The molecule has 124 valence electrons. The van der Waals surface area contributed by atoms with Crippen LogP contribution in [0.3, 0.4) is 0 Å². The highest BCUT2D eigenvalue weighted by Crippen LogP contribution is 2.29. The summed E-state index contributed by atoms with van der Waals surface area (Å²) in [5.74, 6) is 1.96. The van der Waals surface area contributed by atoms with Crippen molar-refractivity contribution in [1.29, 1.82) is 0 Å². The molecule has 0 atom stereocenters. The fraction of sp³-hybridized carbons (Fsp3) is 0.421. The lowest BCUT2D eigenvalue weighted by Gasteiger charge is -2.11. The van der Waals surface area contributed by atoms with Gasteiger partial charge in [-0.3, -0.25) is 0 Å². The Morgan fingerprint density at radius 1 is 1.17 bits per heavy atom. The number of benzene rings is 1. The summed E-state index contributed by atoms with van der Waals surface area (Å²) in [7, 11) is 0. The van der Waals surface area contributed by atoms with Crippen LogP contribution >= 0.6 is 0 Å². The number of anilines is 1. The van der Waals surface area contributed by atoms with Crippen molar-refractivity contribution in [1.82, 2.24) is 19.7 Å². The average Bonchev–Trinajstić information content (AvgIpc) is 3.21. The highest BCUT2D eigenvalue weighted by molar-refractivity contribution is 5.85. The monoisotopic (exact) mass is 321 g/mol. The molecule has 0 unspecified atom stereocenters. The predicted octanol–water partition coefficient (Wildman–Crippen LogP) is 3.30. The Hall–Kier alpha value is -2.43. The number of rotatable bonds is 5. The lowest BCUT2D eigenvalue weighted by molar-refractivity contribution is 0.697. The van der Waals surface area contributed by atoms with Crippen LogP contribution in [0, 0.1) is 6.92 Å². The van der Waals surface area contributed by atoms with Gasteiger partial charge in [0, 0.05) is 24.9 Å². The zero-order valence-electron chi connectivity index (χ0n) is 14.3. The fourth-order valence-electron chi connectivity index (χ4n) is 3.59. The van der Waals surface area contributed by atoms with E-state index in [0.717, 1.165) is 36.7 Å². The smallest absolute Gasteiger partial charge is 0.134 e.